The highest BCUT2D eigenvalue weighted by Crippen LogP contribution is 2.34. The fourth-order valence-corrected chi connectivity index (χ4v) is 4.94. The molecular weight excluding hydrogens is 440 g/mol. The van der Waals surface area contributed by atoms with Gasteiger partial charge in [-0.2, -0.15) is 0 Å². The third kappa shape index (κ3) is 7.67. The molecule has 0 unspecified atom stereocenters. The molecule has 0 aromatic heterocycles. The molecule has 8 heteroatoms. The Morgan fingerprint density at radius 2 is 1.58 bits per heavy atom. The molecule has 0 aliphatic carbocycles. The second kappa shape index (κ2) is 10.0. The number of methoxy groups -OCH3 is 2. The van der Waals surface area contributed by atoms with Gasteiger partial charge in [-0.1, -0.05) is 32.9 Å². The van der Waals surface area contributed by atoms with Gasteiger partial charge in [-0.15, -0.1) is 0 Å². The van der Waals surface area contributed by atoms with Crippen LogP contribution in [0.4, 0.5) is 5.69 Å². The van der Waals surface area contributed by atoms with E-state index < -0.39 is 10.0 Å². The maximum atomic E-state index is 12.8. The molecule has 0 bridgehead atoms. The average Bonchev–Trinajstić information content (AvgIpc) is 2.69. The number of hydrogen-bond acceptors (Lipinski definition) is 5. The number of anilines is 1. The van der Waals surface area contributed by atoms with Crippen LogP contribution in [0, 0.1) is 5.41 Å². The zero-order valence-electron chi connectivity index (χ0n) is 20.9. The van der Waals surface area contributed by atoms with Crippen molar-refractivity contribution in [2.75, 3.05) is 24.8 Å². The minimum atomic E-state index is -3.60. The van der Waals surface area contributed by atoms with Crippen molar-refractivity contribution in [1.82, 2.24) is 5.32 Å². The summed E-state index contributed by atoms with van der Waals surface area (Å²) in [6, 6.07) is 11.9. The summed E-state index contributed by atoms with van der Waals surface area (Å²) in [6.07, 6.45) is 1.98. The number of amides is 1. The number of carbonyl (C=O) groups is 1. The Bertz CT molecular complexity index is 1070. The number of ether oxygens (including phenoxy) is 2. The summed E-state index contributed by atoms with van der Waals surface area (Å²) in [5.74, 6) is 0.790. The van der Waals surface area contributed by atoms with E-state index in [1.54, 1.807) is 42.5 Å². The Kier molecular flexibility index (Phi) is 8.06. The Morgan fingerprint density at radius 1 is 0.970 bits per heavy atom. The van der Waals surface area contributed by atoms with Crippen molar-refractivity contribution in [3.05, 3.63) is 53.6 Å². The van der Waals surface area contributed by atoms with Crippen molar-refractivity contribution in [1.29, 1.82) is 0 Å². The van der Waals surface area contributed by atoms with E-state index in [2.05, 4.69) is 26.1 Å². The number of benzene rings is 2. The van der Waals surface area contributed by atoms with E-state index in [4.69, 9.17) is 9.47 Å². The topological polar surface area (TPSA) is 84.9 Å². The van der Waals surface area contributed by atoms with E-state index in [0.717, 1.165) is 18.2 Å². The summed E-state index contributed by atoms with van der Waals surface area (Å²) in [6.45, 7) is 10.5. The summed E-state index contributed by atoms with van der Waals surface area (Å²) in [7, 11) is -0.591. The van der Waals surface area contributed by atoms with Crippen LogP contribution in [-0.4, -0.2) is 40.3 Å². The lowest BCUT2D eigenvalue weighted by Gasteiger charge is -2.33. The molecule has 0 saturated heterocycles. The summed E-state index contributed by atoms with van der Waals surface area (Å²) >= 11 is 0. The second-order valence-electron chi connectivity index (χ2n) is 10.1. The first-order valence-electron chi connectivity index (χ1n) is 10.8. The van der Waals surface area contributed by atoms with Crippen LogP contribution < -0.4 is 19.1 Å². The van der Waals surface area contributed by atoms with Gasteiger partial charge in [-0.3, -0.25) is 9.10 Å². The summed E-state index contributed by atoms with van der Waals surface area (Å²) < 4.78 is 37.0. The Morgan fingerprint density at radius 3 is 2.06 bits per heavy atom. The maximum Gasteiger partial charge on any atom is 0.251 e. The van der Waals surface area contributed by atoms with Crippen LogP contribution in [0.3, 0.4) is 0 Å². The fraction of sp³-hybridized carbons (Fsp3) is 0.480. The van der Waals surface area contributed by atoms with Crippen molar-refractivity contribution < 1.29 is 22.7 Å². The van der Waals surface area contributed by atoms with E-state index in [9.17, 15) is 13.2 Å². The van der Waals surface area contributed by atoms with Crippen LogP contribution >= 0.6 is 0 Å². The minimum Gasteiger partial charge on any atom is -0.497 e. The predicted molar refractivity (Wildman–Crippen MR) is 133 cm³/mol. The Hall–Kier alpha value is -2.74. The van der Waals surface area contributed by atoms with Crippen molar-refractivity contribution in [2.45, 2.75) is 53.1 Å². The molecule has 7 nitrogen and oxygen atoms in total. The SMILES string of the molecule is COc1ccc(N(Cc2ccc(C(=O)NC(C)(C)CC(C)(C)C)cc2)S(C)(=O)=O)c(OC)c1. The lowest BCUT2D eigenvalue weighted by atomic mass is 9.81. The molecule has 0 radical (unpaired) electrons. The third-order valence-electron chi connectivity index (χ3n) is 5.02. The average molecular weight is 477 g/mol. The molecule has 2 aromatic carbocycles. The van der Waals surface area contributed by atoms with Crippen LogP contribution in [0.25, 0.3) is 0 Å². The van der Waals surface area contributed by atoms with Crippen molar-refractivity contribution in [3.63, 3.8) is 0 Å². The Labute approximate surface area is 198 Å². The lowest BCUT2D eigenvalue weighted by molar-refractivity contribution is 0.0891. The van der Waals surface area contributed by atoms with Gasteiger partial charge >= 0.3 is 0 Å². The molecule has 2 rings (SSSR count). The maximum absolute atomic E-state index is 12.8. The summed E-state index contributed by atoms with van der Waals surface area (Å²) in [5.41, 5.74) is 1.40. The van der Waals surface area contributed by atoms with E-state index in [1.165, 1.54) is 18.5 Å². The molecule has 182 valence electrons. The normalized spacial score (nSPS) is 12.2. The molecule has 0 aliphatic rings. The second-order valence-corrected chi connectivity index (χ2v) is 12.0. The first-order valence-corrected chi connectivity index (χ1v) is 12.6. The van der Waals surface area contributed by atoms with Gasteiger partial charge in [-0.05, 0) is 55.5 Å². The first kappa shape index (κ1) is 26.5. The van der Waals surface area contributed by atoms with Gasteiger partial charge < -0.3 is 14.8 Å². The number of carbonyl (C=O) groups excluding carboxylic acids is 1. The van der Waals surface area contributed by atoms with Crippen LogP contribution in [-0.2, 0) is 16.6 Å². The number of sulfonamides is 1. The quantitative estimate of drug-likeness (QED) is 0.571. The van der Waals surface area contributed by atoms with E-state index in [0.29, 0.717) is 22.7 Å². The molecule has 0 spiro atoms. The number of rotatable bonds is 9. The number of hydrogen-bond donors (Lipinski definition) is 1. The molecule has 0 saturated carbocycles. The highest BCUT2D eigenvalue weighted by atomic mass is 32.2. The van der Waals surface area contributed by atoms with Gasteiger partial charge in [0.25, 0.3) is 5.91 Å². The third-order valence-corrected chi connectivity index (χ3v) is 6.15. The molecular formula is C25H36N2O5S. The molecule has 2 aromatic rings. The summed E-state index contributed by atoms with van der Waals surface area (Å²) in [5, 5.41) is 3.09. The number of nitrogens with zero attached hydrogens (tertiary/aromatic N) is 1. The van der Waals surface area contributed by atoms with Crippen molar-refractivity contribution in [2.24, 2.45) is 5.41 Å². The van der Waals surface area contributed by atoms with Crippen LogP contribution in [0.1, 0.15) is 57.0 Å². The number of nitrogens with one attached hydrogen (secondary N) is 1. The van der Waals surface area contributed by atoms with Crippen LogP contribution in [0.2, 0.25) is 0 Å². The summed E-state index contributed by atoms with van der Waals surface area (Å²) in [4.78, 5) is 12.8. The molecule has 0 atom stereocenters. The molecule has 1 amide bonds. The van der Waals surface area contributed by atoms with Crippen LogP contribution in [0.15, 0.2) is 42.5 Å². The largest absolute Gasteiger partial charge is 0.497 e. The molecule has 0 fully saturated rings. The highest BCUT2D eigenvalue weighted by Gasteiger charge is 2.27. The van der Waals surface area contributed by atoms with Crippen molar-refractivity contribution in [3.8, 4) is 11.5 Å². The standard InChI is InChI=1S/C25H36N2O5S/c1-24(2,3)17-25(4,5)26-23(28)19-11-9-18(10-12-19)16-27(33(8,29)30)21-14-13-20(31-6)15-22(21)32-7/h9-15H,16-17H2,1-8H3,(H,26,28). The van der Waals surface area contributed by atoms with Gasteiger partial charge in [0.1, 0.15) is 11.5 Å². The Balaban J connectivity index is 2.25. The fourth-order valence-electron chi connectivity index (χ4n) is 4.05. The van der Waals surface area contributed by atoms with Gasteiger partial charge in [0, 0.05) is 17.2 Å². The van der Waals surface area contributed by atoms with E-state index in [-0.39, 0.29) is 23.4 Å². The van der Waals surface area contributed by atoms with E-state index >= 15 is 0 Å². The highest BCUT2D eigenvalue weighted by molar-refractivity contribution is 7.92. The van der Waals surface area contributed by atoms with Crippen LogP contribution in [0.5, 0.6) is 11.5 Å². The predicted octanol–water partition coefficient (Wildman–Crippen LogP) is 4.61. The molecule has 0 aliphatic heterocycles. The smallest absolute Gasteiger partial charge is 0.251 e. The molecule has 33 heavy (non-hydrogen) atoms. The zero-order chi connectivity index (χ0) is 25.0. The van der Waals surface area contributed by atoms with Gasteiger partial charge in [0.15, 0.2) is 0 Å². The molecule has 1 N–H and O–H groups in total. The zero-order valence-corrected chi connectivity index (χ0v) is 21.7. The van der Waals surface area contributed by atoms with Gasteiger partial charge in [0.2, 0.25) is 10.0 Å². The lowest BCUT2D eigenvalue weighted by Crippen LogP contribution is -2.45. The van der Waals surface area contributed by atoms with E-state index in [1.807, 2.05) is 13.8 Å². The van der Waals surface area contributed by atoms with Gasteiger partial charge in [-0.25, -0.2) is 8.42 Å². The molecule has 0 heterocycles. The minimum absolute atomic E-state index is 0.0816. The first-order chi connectivity index (χ1) is 15.1. The van der Waals surface area contributed by atoms with Gasteiger partial charge in [0.05, 0.1) is 32.7 Å². The van der Waals surface area contributed by atoms with Crippen molar-refractivity contribution >= 4 is 21.6 Å². The monoisotopic (exact) mass is 476 g/mol.